The van der Waals surface area contributed by atoms with Crippen LogP contribution in [0.1, 0.15) is 5.69 Å². The average molecular weight is 376 g/mol. The summed E-state index contributed by atoms with van der Waals surface area (Å²) in [5.74, 6) is -1.78. The lowest BCUT2D eigenvalue weighted by Gasteiger charge is -2.35. The highest BCUT2D eigenvalue weighted by Crippen LogP contribution is 2.17. The van der Waals surface area contributed by atoms with Gasteiger partial charge in [0.15, 0.2) is 10.8 Å². The molecule has 12 heteroatoms. The van der Waals surface area contributed by atoms with Crippen LogP contribution >= 0.6 is 22.9 Å². The minimum Gasteiger partial charge on any atom is -0.398 e. The van der Waals surface area contributed by atoms with E-state index in [2.05, 4.69) is 30.9 Å². The number of aliphatic hydroxyl groups excluding tert-OH is 1. The maximum absolute atomic E-state index is 12.3. The number of rotatable bonds is 7. The third-order valence-corrected chi connectivity index (χ3v) is 4.01. The lowest BCUT2D eigenvalue weighted by molar-refractivity contribution is -0.135. The molecule has 2 rings (SSSR count). The van der Waals surface area contributed by atoms with E-state index < -0.39 is 29.8 Å². The van der Waals surface area contributed by atoms with E-state index in [1.54, 1.807) is 0 Å². The third-order valence-electron chi connectivity index (χ3n) is 3.01. The molecule has 24 heavy (non-hydrogen) atoms. The van der Waals surface area contributed by atoms with Crippen molar-refractivity contribution >= 4 is 51.5 Å². The molecule has 1 saturated heterocycles. The van der Waals surface area contributed by atoms with Crippen LogP contribution in [-0.4, -0.2) is 65.2 Å². The second-order valence-corrected chi connectivity index (χ2v) is 5.72. The number of halogens is 1. The van der Waals surface area contributed by atoms with Crippen LogP contribution in [0.2, 0.25) is 0 Å². The van der Waals surface area contributed by atoms with Gasteiger partial charge in [0.05, 0.1) is 12.6 Å². The van der Waals surface area contributed by atoms with Crippen molar-refractivity contribution in [3.63, 3.8) is 0 Å². The first-order chi connectivity index (χ1) is 11.5. The number of nitrogens with one attached hydrogen (secondary N) is 3. The fourth-order valence-electron chi connectivity index (χ4n) is 1.86. The molecule has 0 radical (unpaired) electrons. The number of nitrogens with zero attached hydrogens (tertiary/aromatic N) is 2. The van der Waals surface area contributed by atoms with Gasteiger partial charge in [-0.3, -0.25) is 14.4 Å². The van der Waals surface area contributed by atoms with Gasteiger partial charge in [0.25, 0.3) is 5.91 Å². The molecule has 130 valence electrons. The second-order valence-electron chi connectivity index (χ2n) is 4.59. The van der Waals surface area contributed by atoms with E-state index in [9.17, 15) is 14.4 Å². The van der Waals surface area contributed by atoms with Gasteiger partial charge in [-0.05, 0) is 0 Å². The van der Waals surface area contributed by atoms with Crippen LogP contribution in [0.3, 0.4) is 0 Å². The highest BCUT2D eigenvalue weighted by Gasteiger charge is 2.40. The summed E-state index contributed by atoms with van der Waals surface area (Å²) in [6.45, 7) is -0.307. The van der Waals surface area contributed by atoms with Crippen LogP contribution < -0.4 is 16.0 Å². The van der Waals surface area contributed by atoms with E-state index >= 15 is 0 Å². The topological polar surface area (TPSA) is 142 Å². The Balaban J connectivity index is 2.11. The number of carbonyl (C=O) groups excluding carboxylic acids is 3. The van der Waals surface area contributed by atoms with E-state index in [4.69, 9.17) is 16.7 Å². The number of oxime groups is 1. The van der Waals surface area contributed by atoms with Gasteiger partial charge in [-0.2, -0.15) is 0 Å². The first-order valence-corrected chi connectivity index (χ1v) is 8.06. The van der Waals surface area contributed by atoms with Crippen molar-refractivity contribution in [3.05, 3.63) is 11.1 Å². The van der Waals surface area contributed by atoms with Crippen molar-refractivity contribution in [2.24, 2.45) is 5.16 Å². The van der Waals surface area contributed by atoms with Gasteiger partial charge < -0.3 is 25.9 Å². The summed E-state index contributed by atoms with van der Waals surface area (Å²) in [6, 6.07) is -1.42. The maximum Gasteiger partial charge on any atom is 0.276 e. The van der Waals surface area contributed by atoms with Gasteiger partial charge in [0, 0.05) is 5.38 Å². The summed E-state index contributed by atoms with van der Waals surface area (Å²) in [7, 11) is 1.25. The minimum absolute atomic E-state index is 0.157. The van der Waals surface area contributed by atoms with Crippen molar-refractivity contribution in [2.45, 2.75) is 12.1 Å². The molecule has 0 bridgehead atoms. The van der Waals surface area contributed by atoms with Crippen LogP contribution in [0.5, 0.6) is 0 Å². The lowest BCUT2D eigenvalue weighted by Crippen LogP contribution is -2.70. The van der Waals surface area contributed by atoms with Gasteiger partial charge in [0.2, 0.25) is 11.8 Å². The molecule has 2 heterocycles. The Kier molecular flexibility index (Phi) is 6.06. The minimum atomic E-state index is -0.862. The summed E-state index contributed by atoms with van der Waals surface area (Å²) in [6.07, 6.45) is 0. The van der Waals surface area contributed by atoms with Crippen LogP contribution in [0.15, 0.2) is 10.5 Å². The molecule has 1 aliphatic rings. The van der Waals surface area contributed by atoms with Crippen molar-refractivity contribution in [1.82, 2.24) is 15.6 Å². The fraction of sp³-hybridized carbons (Fsp3) is 0.417. The number of β-lactam (4-membered cyclic amide) rings is 1. The standard InChI is InChI=1S/C12H14ClN5O5S/c1-23-18-9(6-4-24-12(15-6)16-7(20)2-13)11(22)17-8-5(3-19)14-10(8)21/h4-5,8,19H,2-3H2,1H3,(H,14,21)(H,17,22)(H,15,16,20). The molecule has 0 aromatic carbocycles. The molecule has 0 spiro atoms. The number of hydrogen-bond acceptors (Lipinski definition) is 8. The van der Waals surface area contributed by atoms with Crippen LogP contribution in [0, 0.1) is 0 Å². The summed E-state index contributed by atoms with van der Waals surface area (Å²) >= 11 is 6.46. The molecule has 1 aliphatic heterocycles. The third kappa shape index (κ3) is 3.99. The molecule has 4 N–H and O–H groups in total. The fourth-order valence-corrected chi connectivity index (χ4v) is 2.64. The first kappa shape index (κ1) is 18.1. The quantitative estimate of drug-likeness (QED) is 0.201. The van der Waals surface area contributed by atoms with Crippen molar-refractivity contribution in [3.8, 4) is 0 Å². The van der Waals surface area contributed by atoms with E-state index in [0.717, 1.165) is 11.3 Å². The van der Waals surface area contributed by atoms with E-state index in [-0.39, 0.29) is 29.0 Å². The Morgan fingerprint density at radius 2 is 2.33 bits per heavy atom. The zero-order chi connectivity index (χ0) is 17.7. The molecule has 2 atom stereocenters. The lowest BCUT2D eigenvalue weighted by atomic mass is 9.99. The average Bonchev–Trinajstić information content (AvgIpc) is 3.02. The van der Waals surface area contributed by atoms with E-state index in [0.29, 0.717) is 0 Å². The molecule has 1 aromatic heterocycles. The van der Waals surface area contributed by atoms with Gasteiger partial charge in [-0.1, -0.05) is 5.16 Å². The number of aliphatic hydroxyl groups is 1. The second kappa shape index (κ2) is 8.04. The van der Waals surface area contributed by atoms with Crippen LogP contribution in [0.25, 0.3) is 0 Å². The number of alkyl halides is 1. The summed E-state index contributed by atoms with van der Waals surface area (Å²) in [5.41, 5.74) is -0.0129. The maximum atomic E-state index is 12.3. The molecule has 2 unspecified atom stereocenters. The summed E-state index contributed by atoms with van der Waals surface area (Å²) < 4.78 is 0. The summed E-state index contributed by atoms with van der Waals surface area (Å²) in [4.78, 5) is 43.7. The number of anilines is 1. The molecule has 1 fully saturated rings. The normalized spacial score (nSPS) is 20.0. The Morgan fingerprint density at radius 1 is 1.58 bits per heavy atom. The molecule has 0 saturated carbocycles. The number of hydrogen-bond donors (Lipinski definition) is 4. The van der Waals surface area contributed by atoms with Gasteiger partial charge in [0.1, 0.15) is 24.7 Å². The monoisotopic (exact) mass is 375 g/mol. The SMILES string of the molecule is CON=C(C(=O)NC1C(=O)NC1CO)c1csc(NC(=O)CCl)n1. The zero-order valence-electron chi connectivity index (χ0n) is 12.4. The molecule has 1 aromatic rings. The Labute approximate surface area is 145 Å². The predicted octanol–water partition coefficient (Wildman–Crippen LogP) is -1.35. The first-order valence-electron chi connectivity index (χ1n) is 6.65. The molecule has 0 aliphatic carbocycles. The van der Waals surface area contributed by atoms with Crippen molar-refractivity contribution in [2.75, 3.05) is 24.9 Å². The van der Waals surface area contributed by atoms with Crippen LogP contribution in [0.4, 0.5) is 5.13 Å². The Bertz CT molecular complexity index is 679. The molecule has 3 amide bonds. The predicted molar refractivity (Wildman–Crippen MR) is 86.0 cm³/mol. The van der Waals surface area contributed by atoms with Crippen LogP contribution in [-0.2, 0) is 19.2 Å². The molecular formula is C12H14ClN5O5S. The molecule has 10 nitrogen and oxygen atoms in total. The van der Waals surface area contributed by atoms with Gasteiger partial charge in [-0.25, -0.2) is 4.98 Å². The van der Waals surface area contributed by atoms with Gasteiger partial charge >= 0.3 is 0 Å². The smallest absolute Gasteiger partial charge is 0.276 e. The molecular weight excluding hydrogens is 362 g/mol. The van der Waals surface area contributed by atoms with E-state index in [1.807, 2.05) is 0 Å². The van der Waals surface area contributed by atoms with Crippen molar-refractivity contribution < 1.29 is 24.3 Å². The van der Waals surface area contributed by atoms with E-state index in [1.165, 1.54) is 12.5 Å². The summed E-state index contributed by atoms with van der Waals surface area (Å²) in [5, 5.41) is 21.7. The Morgan fingerprint density at radius 3 is 2.92 bits per heavy atom. The number of thiazole rings is 1. The Hall–Kier alpha value is -2.24. The largest absolute Gasteiger partial charge is 0.398 e. The highest BCUT2D eigenvalue weighted by atomic mass is 35.5. The van der Waals surface area contributed by atoms with Crippen molar-refractivity contribution in [1.29, 1.82) is 0 Å². The van der Waals surface area contributed by atoms with Gasteiger partial charge in [-0.15, -0.1) is 22.9 Å². The number of carbonyl (C=O) groups is 3. The zero-order valence-corrected chi connectivity index (χ0v) is 14.0. The highest BCUT2D eigenvalue weighted by molar-refractivity contribution is 7.14. The number of amides is 3. The number of aromatic nitrogens is 1.